The molecular weight excluding hydrogens is 314 g/mol. The minimum atomic E-state index is -0.366. The second kappa shape index (κ2) is 4.95. The van der Waals surface area contributed by atoms with Crippen molar-refractivity contribution < 1.29 is 9.59 Å². The van der Waals surface area contributed by atoms with Gasteiger partial charge in [-0.25, -0.2) is 4.98 Å². The van der Waals surface area contributed by atoms with Crippen LogP contribution in [-0.4, -0.2) is 21.8 Å². The summed E-state index contributed by atoms with van der Waals surface area (Å²) >= 11 is 0. The zero-order valence-electron chi connectivity index (χ0n) is 13.0. The van der Waals surface area contributed by atoms with Crippen molar-refractivity contribution in [1.82, 2.24) is 15.3 Å². The van der Waals surface area contributed by atoms with E-state index in [0.717, 1.165) is 33.1 Å². The van der Waals surface area contributed by atoms with Crippen molar-refractivity contribution in [2.24, 2.45) is 0 Å². The second-order valence-electron chi connectivity index (χ2n) is 5.95. The third kappa shape index (κ3) is 2.03. The average Bonchev–Trinajstić information content (AvgIpc) is 2.94. The van der Waals surface area contributed by atoms with Crippen molar-refractivity contribution in [2.75, 3.05) is 0 Å². The summed E-state index contributed by atoms with van der Waals surface area (Å²) in [5, 5.41) is 4.34. The molecule has 0 saturated heterocycles. The number of imide groups is 1. The van der Waals surface area contributed by atoms with E-state index in [9.17, 15) is 9.59 Å². The minimum Gasteiger partial charge on any atom is -0.288 e. The molecule has 0 saturated carbocycles. The molecule has 1 N–H and O–H groups in total. The van der Waals surface area contributed by atoms with Crippen LogP contribution in [-0.2, 0) is 0 Å². The molecule has 1 aliphatic rings. The summed E-state index contributed by atoms with van der Waals surface area (Å²) in [5.74, 6) is -0.719. The van der Waals surface area contributed by atoms with E-state index >= 15 is 0 Å². The third-order valence-corrected chi connectivity index (χ3v) is 4.46. The zero-order chi connectivity index (χ0) is 17.0. The van der Waals surface area contributed by atoms with Crippen molar-refractivity contribution in [1.29, 1.82) is 0 Å². The lowest BCUT2D eigenvalue weighted by molar-refractivity contribution is 0.0879. The highest BCUT2D eigenvalue weighted by Gasteiger charge is 2.26. The lowest BCUT2D eigenvalue weighted by Gasteiger charge is -2.06. The molecule has 2 aromatic heterocycles. The lowest BCUT2D eigenvalue weighted by Crippen LogP contribution is -2.19. The van der Waals surface area contributed by atoms with E-state index in [1.165, 1.54) is 0 Å². The largest absolute Gasteiger partial charge is 0.288 e. The van der Waals surface area contributed by atoms with Crippen LogP contribution in [0.5, 0.6) is 0 Å². The second-order valence-corrected chi connectivity index (χ2v) is 5.95. The van der Waals surface area contributed by atoms with Crippen LogP contribution in [0.3, 0.4) is 0 Å². The Bertz CT molecular complexity index is 1210. The Hall–Kier alpha value is -3.60. The van der Waals surface area contributed by atoms with Gasteiger partial charge in [-0.15, -0.1) is 0 Å². The molecule has 0 bridgehead atoms. The summed E-state index contributed by atoms with van der Waals surface area (Å²) in [6.45, 7) is 0. The Morgan fingerprint density at radius 2 is 1.52 bits per heavy atom. The highest BCUT2D eigenvalue weighted by Crippen LogP contribution is 2.28. The molecule has 0 radical (unpaired) electrons. The van der Waals surface area contributed by atoms with Gasteiger partial charge >= 0.3 is 0 Å². The Labute approximate surface area is 142 Å². The van der Waals surface area contributed by atoms with Crippen molar-refractivity contribution in [3.05, 3.63) is 71.9 Å². The van der Waals surface area contributed by atoms with Gasteiger partial charge in [-0.1, -0.05) is 30.3 Å². The molecule has 2 amide bonds. The molecule has 2 aromatic carbocycles. The van der Waals surface area contributed by atoms with Gasteiger partial charge in [0.1, 0.15) is 0 Å². The number of nitrogens with one attached hydrogen (secondary N) is 1. The van der Waals surface area contributed by atoms with Crippen LogP contribution in [0.4, 0.5) is 0 Å². The minimum absolute atomic E-state index is 0.354. The normalized spacial score (nSPS) is 13.3. The fourth-order valence-corrected chi connectivity index (χ4v) is 3.21. The van der Waals surface area contributed by atoms with Crippen LogP contribution in [0.1, 0.15) is 20.7 Å². The standard InChI is InChI=1S/C20H11N3O2/c24-19-14-7-5-13(10-15(14)20(25)23-19)16-8-6-12-4-3-11-2-1-9-21-17(11)18(12)22-16/h1-10H,(H,23,24,25). The molecule has 0 aliphatic carbocycles. The van der Waals surface area contributed by atoms with Gasteiger partial charge in [-0.05, 0) is 24.3 Å². The van der Waals surface area contributed by atoms with Crippen LogP contribution in [0.25, 0.3) is 33.1 Å². The van der Waals surface area contributed by atoms with Crippen LogP contribution >= 0.6 is 0 Å². The lowest BCUT2D eigenvalue weighted by atomic mass is 10.0. The Kier molecular flexibility index (Phi) is 2.73. The predicted molar refractivity (Wildman–Crippen MR) is 94.3 cm³/mol. The summed E-state index contributed by atoms with van der Waals surface area (Å²) in [4.78, 5) is 32.8. The summed E-state index contributed by atoms with van der Waals surface area (Å²) in [7, 11) is 0. The van der Waals surface area contributed by atoms with Crippen LogP contribution in [0.15, 0.2) is 60.8 Å². The number of nitrogens with zero attached hydrogens (tertiary/aromatic N) is 2. The van der Waals surface area contributed by atoms with E-state index in [-0.39, 0.29) is 11.8 Å². The summed E-state index contributed by atoms with van der Waals surface area (Å²) in [6.07, 6.45) is 1.75. The predicted octanol–water partition coefficient (Wildman–Crippen LogP) is 3.33. The summed E-state index contributed by atoms with van der Waals surface area (Å²) in [5.41, 5.74) is 3.98. The van der Waals surface area contributed by atoms with E-state index in [1.54, 1.807) is 18.3 Å². The maximum atomic E-state index is 11.9. The Morgan fingerprint density at radius 3 is 2.40 bits per heavy atom. The molecule has 4 aromatic rings. The monoisotopic (exact) mass is 325 g/mol. The number of carbonyl (C=O) groups excluding carboxylic acids is 2. The summed E-state index contributed by atoms with van der Waals surface area (Å²) < 4.78 is 0. The first-order valence-electron chi connectivity index (χ1n) is 7.85. The fraction of sp³-hybridized carbons (Fsp3) is 0. The average molecular weight is 325 g/mol. The number of hydrogen-bond acceptors (Lipinski definition) is 4. The van der Waals surface area contributed by atoms with Gasteiger partial charge in [-0.2, -0.15) is 0 Å². The van der Waals surface area contributed by atoms with Gasteiger partial charge < -0.3 is 0 Å². The first-order chi connectivity index (χ1) is 12.2. The number of hydrogen-bond donors (Lipinski definition) is 1. The van der Waals surface area contributed by atoms with Gasteiger partial charge in [-0.3, -0.25) is 19.9 Å². The Morgan fingerprint density at radius 1 is 0.760 bits per heavy atom. The number of amides is 2. The van der Waals surface area contributed by atoms with Gasteiger partial charge in [0.2, 0.25) is 0 Å². The zero-order valence-corrected chi connectivity index (χ0v) is 13.0. The van der Waals surface area contributed by atoms with Gasteiger partial charge in [0.15, 0.2) is 0 Å². The van der Waals surface area contributed by atoms with Gasteiger partial charge in [0.25, 0.3) is 11.8 Å². The molecule has 0 unspecified atom stereocenters. The van der Waals surface area contributed by atoms with E-state index in [2.05, 4.69) is 10.3 Å². The molecule has 0 spiro atoms. The highest BCUT2D eigenvalue weighted by atomic mass is 16.2. The Balaban J connectivity index is 1.74. The quantitative estimate of drug-likeness (QED) is 0.430. The first-order valence-corrected chi connectivity index (χ1v) is 7.85. The van der Waals surface area contributed by atoms with Crippen LogP contribution in [0, 0.1) is 0 Å². The highest BCUT2D eigenvalue weighted by molar-refractivity contribution is 6.21. The molecule has 0 atom stereocenters. The van der Waals surface area contributed by atoms with E-state index in [4.69, 9.17) is 4.98 Å². The van der Waals surface area contributed by atoms with Crippen molar-refractivity contribution in [3.63, 3.8) is 0 Å². The fourth-order valence-electron chi connectivity index (χ4n) is 3.21. The van der Waals surface area contributed by atoms with Crippen molar-refractivity contribution >= 4 is 33.6 Å². The number of carbonyl (C=O) groups is 2. The molecular formula is C20H11N3O2. The number of rotatable bonds is 1. The molecule has 25 heavy (non-hydrogen) atoms. The molecule has 5 nitrogen and oxygen atoms in total. The van der Waals surface area contributed by atoms with Crippen LogP contribution in [0.2, 0.25) is 0 Å². The smallest absolute Gasteiger partial charge is 0.258 e. The number of aromatic nitrogens is 2. The maximum absolute atomic E-state index is 11.9. The molecule has 5 rings (SSSR count). The topological polar surface area (TPSA) is 72.0 Å². The molecule has 0 fully saturated rings. The first kappa shape index (κ1) is 13.8. The van der Waals surface area contributed by atoms with Crippen molar-refractivity contribution in [3.8, 4) is 11.3 Å². The number of pyridine rings is 2. The summed E-state index contributed by atoms with van der Waals surface area (Å²) in [6, 6.07) is 17.0. The molecule has 1 aliphatic heterocycles. The van der Waals surface area contributed by atoms with E-state index < -0.39 is 0 Å². The van der Waals surface area contributed by atoms with Crippen LogP contribution < -0.4 is 5.32 Å². The molecule has 3 heterocycles. The van der Waals surface area contributed by atoms with E-state index in [1.807, 2.05) is 42.5 Å². The SMILES string of the molecule is O=C1NC(=O)c2cc(-c3ccc4ccc5cccnc5c4n3)ccc21. The number of fused-ring (bicyclic) bond motifs is 4. The van der Waals surface area contributed by atoms with Crippen molar-refractivity contribution in [2.45, 2.75) is 0 Å². The van der Waals surface area contributed by atoms with Gasteiger partial charge in [0.05, 0.1) is 27.9 Å². The third-order valence-electron chi connectivity index (χ3n) is 4.46. The number of benzene rings is 2. The van der Waals surface area contributed by atoms with Gasteiger partial charge in [0, 0.05) is 22.5 Å². The molecule has 118 valence electrons. The maximum Gasteiger partial charge on any atom is 0.258 e. The van der Waals surface area contributed by atoms with E-state index in [0.29, 0.717) is 11.1 Å². The molecule has 5 heteroatoms.